The Kier molecular flexibility index (Phi) is 14.4. The summed E-state index contributed by atoms with van der Waals surface area (Å²) in [6.07, 6.45) is -5.91. The van der Waals surface area contributed by atoms with E-state index in [1.807, 2.05) is 0 Å². The second-order valence-corrected chi connectivity index (χ2v) is 20.4. The van der Waals surface area contributed by atoms with Gasteiger partial charge >= 0.3 is 37.7 Å². The molecule has 4 rings (SSSR count). The number of carboxylic acids is 1. The smallest absolute Gasteiger partial charge is 0.479 e. The topological polar surface area (TPSA) is 214 Å². The van der Waals surface area contributed by atoms with Crippen molar-refractivity contribution in [2.75, 3.05) is 25.1 Å². The summed E-state index contributed by atoms with van der Waals surface area (Å²) in [7, 11) is -3.13. The van der Waals surface area contributed by atoms with Crippen LogP contribution in [0.5, 0.6) is 5.75 Å². The molecule has 0 bridgehead atoms. The zero-order valence-electron chi connectivity index (χ0n) is 33.8. The van der Waals surface area contributed by atoms with E-state index in [-0.39, 0.29) is 12.2 Å². The number of rotatable bonds is 11. The molecule has 6 atom stereocenters. The van der Waals surface area contributed by atoms with Gasteiger partial charge in [-0.1, -0.05) is 15.9 Å². The largest absolute Gasteiger partial charge is 0.509 e. The molecule has 18 nitrogen and oxygen atoms in total. The van der Waals surface area contributed by atoms with E-state index < -0.39 is 95.5 Å². The maximum absolute atomic E-state index is 16.6. The number of benzene rings is 1. The summed E-state index contributed by atoms with van der Waals surface area (Å²) < 4.78 is 65.9. The van der Waals surface area contributed by atoms with E-state index in [2.05, 4.69) is 26.0 Å². The first kappa shape index (κ1) is 46.9. The molecule has 22 heteroatoms. The fraction of sp³-hybridized carbons (Fsp3) is 0.611. The number of anilines is 1. The van der Waals surface area contributed by atoms with Crippen LogP contribution in [0.1, 0.15) is 80.5 Å². The van der Waals surface area contributed by atoms with E-state index in [1.165, 1.54) is 24.1 Å². The number of likely N-dealkylation sites (N-methyl/N-ethyl adjacent to an activating group) is 1. The summed E-state index contributed by atoms with van der Waals surface area (Å²) in [5.41, 5.74) is -6.14. The summed E-state index contributed by atoms with van der Waals surface area (Å²) in [6.45, 7) is 13.8. The van der Waals surface area contributed by atoms with E-state index in [0.717, 1.165) is 28.6 Å². The van der Waals surface area contributed by atoms with Crippen molar-refractivity contribution in [1.29, 1.82) is 0 Å². The number of amides is 2. The van der Waals surface area contributed by atoms with Gasteiger partial charge < -0.3 is 28.6 Å². The van der Waals surface area contributed by atoms with Crippen LogP contribution in [0.25, 0.3) is 0 Å². The number of carboxylic acid groups (broad SMARTS) is 1. The van der Waals surface area contributed by atoms with Gasteiger partial charge in [0.25, 0.3) is 0 Å². The SMILES string of the molecule is CN1CCCC1(NP(=O)(OC[C@H]1S[C@@H](n2ccc(N(C(=O)OC(C)(C)C)C(=O)OC(C)(C)C)nc2=O)[C@@H](F)[C@@H]1OC(=O)OC(C)(C)C)Oc1ccc(Br)cc1)C(=O)O. The Bertz CT molecular complexity index is 1930. The average molecular weight is 923 g/mol. The molecule has 2 N–H and O–H groups in total. The molecule has 2 aliphatic heterocycles. The number of hydrogen-bond donors (Lipinski definition) is 2. The highest BCUT2D eigenvalue weighted by Crippen LogP contribution is 2.52. The van der Waals surface area contributed by atoms with Gasteiger partial charge in [-0.3, -0.25) is 14.0 Å². The zero-order valence-corrected chi connectivity index (χ0v) is 37.1. The second kappa shape index (κ2) is 17.8. The Morgan fingerprint density at radius 1 is 1.00 bits per heavy atom. The van der Waals surface area contributed by atoms with Crippen LogP contribution in [0.3, 0.4) is 0 Å². The molecule has 58 heavy (non-hydrogen) atoms. The van der Waals surface area contributed by atoms with Crippen LogP contribution in [0, 0.1) is 0 Å². The molecule has 2 aromatic rings. The van der Waals surface area contributed by atoms with Crippen molar-refractivity contribution in [3.63, 3.8) is 0 Å². The molecule has 0 saturated carbocycles. The normalized spacial score (nSPS) is 23.7. The van der Waals surface area contributed by atoms with E-state index in [1.54, 1.807) is 74.4 Å². The lowest BCUT2D eigenvalue weighted by molar-refractivity contribution is -0.150. The van der Waals surface area contributed by atoms with E-state index in [0.29, 0.717) is 22.3 Å². The molecule has 0 radical (unpaired) electrons. The Hall–Kier alpha value is -3.75. The monoisotopic (exact) mass is 921 g/mol. The van der Waals surface area contributed by atoms with Gasteiger partial charge in [-0.2, -0.15) is 15.0 Å². The number of aromatic nitrogens is 2. The number of imide groups is 1. The van der Waals surface area contributed by atoms with Crippen LogP contribution < -0.4 is 20.2 Å². The number of likely N-dealkylation sites (tertiary alicyclic amines) is 1. The van der Waals surface area contributed by atoms with Crippen LogP contribution >= 0.6 is 35.4 Å². The number of halogens is 2. The van der Waals surface area contributed by atoms with Gasteiger partial charge in [0.1, 0.15) is 27.9 Å². The Morgan fingerprint density at radius 2 is 1.57 bits per heavy atom. The molecule has 1 aromatic carbocycles. The Morgan fingerprint density at radius 3 is 2.05 bits per heavy atom. The molecule has 2 saturated heterocycles. The number of alkyl halides is 1. The first-order valence-corrected chi connectivity index (χ1v) is 21.4. The van der Waals surface area contributed by atoms with E-state index in [9.17, 15) is 33.6 Å². The molecule has 3 heterocycles. The molecule has 322 valence electrons. The van der Waals surface area contributed by atoms with Gasteiger partial charge in [0.05, 0.1) is 11.9 Å². The molecule has 1 aromatic heterocycles. The molecule has 2 aliphatic rings. The summed E-state index contributed by atoms with van der Waals surface area (Å²) in [5.74, 6) is -1.77. The lowest BCUT2D eigenvalue weighted by Crippen LogP contribution is -2.58. The van der Waals surface area contributed by atoms with E-state index in [4.69, 9.17) is 28.0 Å². The average Bonchev–Trinajstić information content (AvgIpc) is 3.57. The van der Waals surface area contributed by atoms with Crippen LogP contribution in [-0.2, 0) is 32.8 Å². The van der Waals surface area contributed by atoms with Crippen LogP contribution in [-0.4, -0.2) is 104 Å². The lowest BCUT2D eigenvalue weighted by Gasteiger charge is -2.35. The van der Waals surface area contributed by atoms with Gasteiger partial charge in [0.2, 0.25) is 0 Å². The standard InChI is InChI=1S/C36H50BrFN5O13PS/c1-33(2,3)53-30(47)43(31(48)54-34(4,5)6)24-16-19-42(29(46)39-24)27-25(38)26(52-32(49)55-35(7,8)9)23(58-27)20-51-57(50,56-22-14-12-21(37)13-15-22)40-36(28(44)45)17-11-18-41(36)10/h12-16,19,23,25-27H,11,17-18,20H2,1-10H3,(H,40,50)(H,44,45)/t23-,25+,26-,27-,36?,57?/m1/s1. The number of nitrogens with one attached hydrogen (secondary N) is 1. The lowest BCUT2D eigenvalue weighted by atomic mass is 10.1. The maximum atomic E-state index is 16.6. The fourth-order valence-electron chi connectivity index (χ4n) is 5.70. The van der Waals surface area contributed by atoms with Gasteiger partial charge in [-0.15, -0.1) is 11.8 Å². The van der Waals surface area contributed by atoms with Crippen molar-refractivity contribution in [2.24, 2.45) is 0 Å². The molecule has 2 amide bonds. The van der Waals surface area contributed by atoms with Crippen molar-refractivity contribution in [1.82, 2.24) is 19.5 Å². The highest BCUT2D eigenvalue weighted by atomic mass is 79.9. The van der Waals surface area contributed by atoms with Crippen LogP contribution in [0.15, 0.2) is 45.8 Å². The number of nitrogens with zero attached hydrogens (tertiary/aromatic N) is 4. The molecule has 2 fully saturated rings. The third-order valence-electron chi connectivity index (χ3n) is 8.17. The summed E-state index contributed by atoms with van der Waals surface area (Å²) >= 11 is 4.06. The third-order valence-corrected chi connectivity index (χ3v) is 11.8. The number of carbonyl (C=O) groups excluding carboxylic acids is 3. The molecular weight excluding hydrogens is 872 g/mol. The minimum absolute atomic E-state index is 0.0399. The number of aliphatic carboxylic acids is 1. The number of ether oxygens (including phenoxy) is 4. The minimum Gasteiger partial charge on any atom is -0.479 e. The molecular formula is C36H50BrFN5O13PS. The number of carbonyl (C=O) groups is 4. The fourth-order valence-corrected chi connectivity index (χ4v) is 9.28. The highest BCUT2D eigenvalue weighted by molar-refractivity contribution is 9.10. The zero-order chi connectivity index (χ0) is 43.6. The minimum atomic E-state index is -4.67. The molecule has 0 spiro atoms. The second-order valence-electron chi connectivity index (χ2n) is 16.5. The molecule has 2 unspecified atom stereocenters. The number of hydrogen-bond acceptors (Lipinski definition) is 15. The van der Waals surface area contributed by atoms with Gasteiger partial charge in [-0.25, -0.2) is 32.9 Å². The van der Waals surface area contributed by atoms with Gasteiger partial charge in [0.15, 0.2) is 23.8 Å². The summed E-state index contributed by atoms with van der Waals surface area (Å²) in [6, 6.07) is 7.23. The van der Waals surface area contributed by atoms with Gasteiger partial charge in [-0.05, 0) is 113 Å². The van der Waals surface area contributed by atoms with Crippen molar-refractivity contribution in [2.45, 2.75) is 121 Å². The van der Waals surface area contributed by atoms with Crippen molar-refractivity contribution < 1.29 is 61.2 Å². The summed E-state index contributed by atoms with van der Waals surface area (Å²) in [5, 5.41) is 10.2. The van der Waals surface area contributed by atoms with Crippen molar-refractivity contribution in [3.05, 3.63) is 51.5 Å². The number of thioether (sulfide) groups is 1. The first-order chi connectivity index (χ1) is 26.6. The van der Waals surface area contributed by atoms with Crippen LogP contribution in [0.2, 0.25) is 0 Å². The Balaban J connectivity index is 1.71. The van der Waals surface area contributed by atoms with Crippen molar-refractivity contribution >= 4 is 65.6 Å². The maximum Gasteiger partial charge on any atom is 0.509 e. The Labute approximate surface area is 348 Å². The molecule has 0 aliphatic carbocycles. The predicted molar refractivity (Wildman–Crippen MR) is 214 cm³/mol. The first-order valence-electron chi connectivity index (χ1n) is 18.1. The van der Waals surface area contributed by atoms with E-state index >= 15 is 4.39 Å². The predicted octanol–water partition coefficient (Wildman–Crippen LogP) is 7.25. The summed E-state index contributed by atoms with van der Waals surface area (Å²) in [4.78, 5) is 71.3. The highest BCUT2D eigenvalue weighted by Gasteiger charge is 2.54. The van der Waals surface area contributed by atoms with Gasteiger partial charge in [0, 0.05) is 17.2 Å². The van der Waals surface area contributed by atoms with Crippen LogP contribution in [0.4, 0.5) is 24.6 Å². The third kappa shape index (κ3) is 12.2. The quantitative estimate of drug-likeness (QED) is 0.129. The van der Waals surface area contributed by atoms with Crippen molar-refractivity contribution in [3.8, 4) is 5.75 Å².